The largest absolute Gasteiger partial charge is 0.481 e. The second kappa shape index (κ2) is 7.90. The SMILES string of the molecule is O=C(N[C@H]1CCN(CC2CC2)C[C@H]1C(=O)O)c1cc(-c2ccc(F)cc2F)on1. The molecule has 1 amide bonds. The molecule has 29 heavy (non-hydrogen) atoms. The van der Waals surface area contributed by atoms with Crippen molar-refractivity contribution in [3.05, 3.63) is 41.6 Å². The van der Waals surface area contributed by atoms with Crippen molar-refractivity contribution in [3.8, 4) is 11.3 Å². The molecule has 2 heterocycles. The Kier molecular flexibility index (Phi) is 5.31. The summed E-state index contributed by atoms with van der Waals surface area (Å²) in [5.74, 6) is -3.16. The molecule has 2 aromatic rings. The standard InChI is InChI=1S/C20H21F2N3O4/c21-12-3-4-13(15(22)7-12)18-8-17(24-29-18)19(26)23-16-5-6-25(9-11-1-2-11)10-14(16)20(27)28/h3-4,7-8,11,14,16H,1-2,5-6,9-10H2,(H,23,26)(H,27,28)/t14-,16+/m1/s1. The molecular weight excluding hydrogens is 384 g/mol. The second-order valence-corrected chi connectivity index (χ2v) is 7.72. The highest BCUT2D eigenvalue weighted by Crippen LogP contribution is 2.31. The van der Waals surface area contributed by atoms with E-state index >= 15 is 0 Å². The lowest BCUT2D eigenvalue weighted by Gasteiger charge is -2.36. The lowest BCUT2D eigenvalue weighted by atomic mass is 9.91. The van der Waals surface area contributed by atoms with E-state index in [1.54, 1.807) is 0 Å². The lowest BCUT2D eigenvalue weighted by Crippen LogP contribution is -2.53. The third-order valence-electron chi connectivity index (χ3n) is 5.48. The van der Waals surface area contributed by atoms with Crippen molar-refractivity contribution >= 4 is 11.9 Å². The number of carboxylic acids is 1. The zero-order valence-corrected chi connectivity index (χ0v) is 15.6. The van der Waals surface area contributed by atoms with Gasteiger partial charge in [0.05, 0.1) is 11.5 Å². The predicted octanol–water partition coefficient (Wildman–Crippen LogP) is 2.53. The van der Waals surface area contributed by atoms with Crippen LogP contribution in [0.3, 0.4) is 0 Å². The fourth-order valence-corrected chi connectivity index (χ4v) is 3.71. The number of aliphatic carboxylic acids is 1. The Morgan fingerprint density at radius 1 is 1.24 bits per heavy atom. The summed E-state index contributed by atoms with van der Waals surface area (Å²) in [6, 6.07) is 3.71. The maximum absolute atomic E-state index is 13.9. The first-order valence-corrected chi connectivity index (χ1v) is 9.59. The second-order valence-electron chi connectivity index (χ2n) is 7.72. The normalized spacial score (nSPS) is 22.4. The minimum absolute atomic E-state index is 0.0123. The van der Waals surface area contributed by atoms with Crippen molar-refractivity contribution in [3.63, 3.8) is 0 Å². The summed E-state index contributed by atoms with van der Waals surface area (Å²) in [5, 5.41) is 16.0. The number of likely N-dealkylation sites (tertiary alicyclic amines) is 1. The molecule has 0 radical (unpaired) electrons. The van der Waals surface area contributed by atoms with Gasteiger partial charge in [0.2, 0.25) is 0 Å². The highest BCUT2D eigenvalue weighted by atomic mass is 19.1. The highest BCUT2D eigenvalue weighted by Gasteiger charge is 2.37. The molecule has 2 aliphatic rings. The number of nitrogens with zero attached hydrogens (tertiary/aromatic N) is 2. The molecule has 2 fully saturated rings. The summed E-state index contributed by atoms with van der Waals surface area (Å²) in [6.45, 7) is 2.01. The molecule has 1 saturated carbocycles. The number of carbonyl (C=O) groups excluding carboxylic acids is 1. The Bertz CT molecular complexity index is 928. The number of carbonyl (C=O) groups is 2. The van der Waals surface area contributed by atoms with Crippen LogP contribution in [0.4, 0.5) is 8.78 Å². The monoisotopic (exact) mass is 405 g/mol. The Morgan fingerprint density at radius 2 is 2.03 bits per heavy atom. The smallest absolute Gasteiger partial charge is 0.309 e. The Hall–Kier alpha value is -2.81. The number of nitrogens with one attached hydrogen (secondary N) is 1. The van der Waals surface area contributed by atoms with Gasteiger partial charge in [-0.1, -0.05) is 5.16 Å². The fraction of sp³-hybridized carbons (Fsp3) is 0.450. The van der Waals surface area contributed by atoms with Gasteiger partial charge in [0.25, 0.3) is 5.91 Å². The Balaban J connectivity index is 1.43. The number of hydrogen-bond acceptors (Lipinski definition) is 5. The van der Waals surface area contributed by atoms with E-state index in [1.165, 1.54) is 25.0 Å². The molecule has 1 aliphatic carbocycles. The van der Waals surface area contributed by atoms with E-state index in [4.69, 9.17) is 4.52 Å². The molecule has 1 aromatic carbocycles. The number of aromatic nitrogens is 1. The Labute approximate surface area is 165 Å². The van der Waals surface area contributed by atoms with Gasteiger partial charge in [-0.05, 0) is 37.3 Å². The molecule has 4 rings (SSSR count). The van der Waals surface area contributed by atoms with Crippen LogP contribution in [0.25, 0.3) is 11.3 Å². The zero-order valence-electron chi connectivity index (χ0n) is 15.6. The van der Waals surface area contributed by atoms with Crippen LogP contribution in [0.2, 0.25) is 0 Å². The molecule has 2 N–H and O–H groups in total. The Morgan fingerprint density at radius 3 is 2.72 bits per heavy atom. The number of carboxylic acid groups (broad SMARTS) is 1. The molecule has 1 aromatic heterocycles. The number of hydrogen-bond donors (Lipinski definition) is 2. The third-order valence-corrected chi connectivity index (χ3v) is 5.48. The van der Waals surface area contributed by atoms with Crippen LogP contribution in [0.1, 0.15) is 29.8 Å². The van der Waals surface area contributed by atoms with Crippen LogP contribution in [0.5, 0.6) is 0 Å². The first kappa shape index (κ1) is 19.5. The van der Waals surface area contributed by atoms with Gasteiger partial charge in [0.15, 0.2) is 11.5 Å². The van der Waals surface area contributed by atoms with E-state index in [9.17, 15) is 23.5 Å². The summed E-state index contributed by atoms with van der Waals surface area (Å²) >= 11 is 0. The van der Waals surface area contributed by atoms with Gasteiger partial charge in [-0.3, -0.25) is 9.59 Å². The van der Waals surface area contributed by atoms with Crippen molar-refractivity contribution in [2.75, 3.05) is 19.6 Å². The quantitative estimate of drug-likeness (QED) is 0.767. The average molecular weight is 405 g/mol. The van der Waals surface area contributed by atoms with Gasteiger partial charge in [0, 0.05) is 37.8 Å². The molecule has 0 unspecified atom stereocenters. The number of halogens is 2. The molecule has 1 aliphatic heterocycles. The van der Waals surface area contributed by atoms with Crippen molar-refractivity contribution < 1.29 is 28.0 Å². The number of benzene rings is 1. The molecular formula is C20H21F2N3O4. The third kappa shape index (κ3) is 4.45. The summed E-state index contributed by atoms with van der Waals surface area (Å²) in [6.07, 6.45) is 2.90. The van der Waals surface area contributed by atoms with Gasteiger partial charge >= 0.3 is 5.97 Å². The summed E-state index contributed by atoms with van der Waals surface area (Å²) in [7, 11) is 0. The van der Waals surface area contributed by atoms with E-state index in [-0.39, 0.29) is 17.0 Å². The number of piperidine rings is 1. The number of amides is 1. The van der Waals surface area contributed by atoms with Crippen LogP contribution in [-0.2, 0) is 4.79 Å². The van der Waals surface area contributed by atoms with E-state index in [0.717, 1.165) is 19.2 Å². The van der Waals surface area contributed by atoms with Crippen molar-refractivity contribution in [1.29, 1.82) is 0 Å². The van der Waals surface area contributed by atoms with Crippen LogP contribution in [0.15, 0.2) is 28.8 Å². The molecule has 2 atom stereocenters. The van der Waals surface area contributed by atoms with E-state index < -0.39 is 35.5 Å². The average Bonchev–Trinajstić information content (AvgIpc) is 3.35. The van der Waals surface area contributed by atoms with E-state index in [2.05, 4.69) is 15.4 Å². The van der Waals surface area contributed by atoms with Gasteiger partial charge in [-0.15, -0.1) is 0 Å². The maximum atomic E-state index is 13.9. The molecule has 7 nitrogen and oxygen atoms in total. The number of rotatable bonds is 6. The zero-order chi connectivity index (χ0) is 20.5. The lowest BCUT2D eigenvalue weighted by molar-refractivity contribution is -0.144. The summed E-state index contributed by atoms with van der Waals surface area (Å²) in [5.41, 5.74) is -0.108. The molecule has 1 saturated heterocycles. The minimum Gasteiger partial charge on any atom is -0.481 e. The predicted molar refractivity (Wildman–Crippen MR) is 98.0 cm³/mol. The molecule has 154 valence electrons. The maximum Gasteiger partial charge on any atom is 0.309 e. The molecule has 9 heteroatoms. The first-order valence-electron chi connectivity index (χ1n) is 9.59. The van der Waals surface area contributed by atoms with Crippen molar-refractivity contribution in [2.24, 2.45) is 11.8 Å². The minimum atomic E-state index is -0.954. The summed E-state index contributed by atoms with van der Waals surface area (Å²) < 4.78 is 32.0. The van der Waals surface area contributed by atoms with Crippen LogP contribution >= 0.6 is 0 Å². The van der Waals surface area contributed by atoms with E-state index in [0.29, 0.717) is 24.9 Å². The highest BCUT2D eigenvalue weighted by molar-refractivity contribution is 5.93. The topological polar surface area (TPSA) is 95.7 Å². The fourth-order valence-electron chi connectivity index (χ4n) is 3.71. The van der Waals surface area contributed by atoms with Gasteiger partial charge in [-0.2, -0.15) is 0 Å². The van der Waals surface area contributed by atoms with Crippen LogP contribution in [-0.4, -0.2) is 52.7 Å². The summed E-state index contributed by atoms with van der Waals surface area (Å²) in [4.78, 5) is 26.4. The van der Waals surface area contributed by atoms with Gasteiger partial charge in [-0.25, -0.2) is 8.78 Å². The molecule has 0 spiro atoms. The van der Waals surface area contributed by atoms with E-state index in [1.807, 2.05) is 0 Å². The van der Waals surface area contributed by atoms with Crippen LogP contribution < -0.4 is 5.32 Å². The van der Waals surface area contributed by atoms with Crippen molar-refractivity contribution in [2.45, 2.75) is 25.3 Å². The first-order chi connectivity index (χ1) is 13.9. The van der Waals surface area contributed by atoms with Gasteiger partial charge < -0.3 is 19.8 Å². The van der Waals surface area contributed by atoms with Crippen LogP contribution in [0, 0.1) is 23.5 Å². The van der Waals surface area contributed by atoms with Gasteiger partial charge in [0.1, 0.15) is 11.6 Å². The van der Waals surface area contributed by atoms with Crippen molar-refractivity contribution in [1.82, 2.24) is 15.4 Å². The molecule has 0 bridgehead atoms.